The lowest BCUT2D eigenvalue weighted by Crippen LogP contribution is -2.47. The summed E-state index contributed by atoms with van der Waals surface area (Å²) >= 11 is 0. The number of benzene rings is 1. The molecule has 1 saturated heterocycles. The summed E-state index contributed by atoms with van der Waals surface area (Å²) in [6.45, 7) is 7.36. The molecular formula is C18H27NO. The van der Waals surface area contributed by atoms with E-state index in [4.69, 9.17) is 4.74 Å². The molecule has 3 atom stereocenters. The predicted octanol–water partition coefficient (Wildman–Crippen LogP) is 3.53. The van der Waals surface area contributed by atoms with Crippen LogP contribution in [0, 0.1) is 11.8 Å². The van der Waals surface area contributed by atoms with Crippen molar-refractivity contribution >= 4 is 0 Å². The van der Waals surface area contributed by atoms with Gasteiger partial charge in [0.2, 0.25) is 0 Å². The molecule has 2 heteroatoms. The maximum absolute atomic E-state index is 5.57. The van der Waals surface area contributed by atoms with Crippen LogP contribution in [0.25, 0.3) is 0 Å². The van der Waals surface area contributed by atoms with Gasteiger partial charge in [0.25, 0.3) is 0 Å². The fraction of sp³-hybridized carbons (Fsp3) is 0.667. The van der Waals surface area contributed by atoms with E-state index in [9.17, 15) is 0 Å². The predicted molar refractivity (Wildman–Crippen MR) is 83.3 cm³/mol. The summed E-state index contributed by atoms with van der Waals surface area (Å²) < 4.78 is 5.57. The van der Waals surface area contributed by atoms with Gasteiger partial charge in [0.15, 0.2) is 0 Å². The summed E-state index contributed by atoms with van der Waals surface area (Å²) in [6.07, 6.45) is 5.07. The Morgan fingerprint density at radius 1 is 1.15 bits per heavy atom. The van der Waals surface area contributed by atoms with Crippen molar-refractivity contribution < 1.29 is 4.74 Å². The van der Waals surface area contributed by atoms with Crippen LogP contribution in [-0.2, 0) is 12.8 Å². The van der Waals surface area contributed by atoms with Gasteiger partial charge < -0.3 is 4.74 Å². The molecule has 1 aromatic rings. The van der Waals surface area contributed by atoms with Gasteiger partial charge in [0, 0.05) is 19.1 Å². The first-order valence-corrected chi connectivity index (χ1v) is 8.06. The third-order valence-electron chi connectivity index (χ3n) is 5.05. The summed E-state index contributed by atoms with van der Waals surface area (Å²) in [5.41, 5.74) is 2.95. The van der Waals surface area contributed by atoms with Crippen LogP contribution < -0.4 is 4.74 Å². The SMILES string of the molecule is COc1cccc2c1CC(N1CC(C)CC(C)C1)CC2. The first kappa shape index (κ1) is 13.9. The fourth-order valence-corrected chi connectivity index (χ4v) is 4.25. The molecule has 20 heavy (non-hydrogen) atoms. The quantitative estimate of drug-likeness (QED) is 0.817. The minimum absolute atomic E-state index is 0.712. The highest BCUT2D eigenvalue weighted by molar-refractivity contribution is 5.42. The molecule has 1 aliphatic heterocycles. The van der Waals surface area contributed by atoms with Crippen LogP contribution in [0.2, 0.25) is 0 Å². The smallest absolute Gasteiger partial charge is 0.122 e. The molecule has 0 aromatic heterocycles. The van der Waals surface area contributed by atoms with Gasteiger partial charge in [0.1, 0.15) is 5.75 Å². The topological polar surface area (TPSA) is 12.5 Å². The first-order valence-electron chi connectivity index (χ1n) is 8.06. The summed E-state index contributed by atoms with van der Waals surface area (Å²) in [7, 11) is 1.80. The molecule has 2 nitrogen and oxygen atoms in total. The lowest BCUT2D eigenvalue weighted by molar-refractivity contribution is 0.0875. The standard InChI is InChI=1S/C18H27NO/c1-13-9-14(2)12-19(11-13)16-8-7-15-5-4-6-18(20-3)17(15)10-16/h4-6,13-14,16H,7-12H2,1-3H3. The number of likely N-dealkylation sites (tertiary alicyclic amines) is 1. The Bertz CT molecular complexity index is 446. The average molecular weight is 273 g/mol. The number of nitrogens with zero attached hydrogens (tertiary/aromatic N) is 1. The molecule has 110 valence electrons. The van der Waals surface area contributed by atoms with Crippen molar-refractivity contribution in [3.8, 4) is 5.75 Å². The zero-order valence-corrected chi connectivity index (χ0v) is 13.1. The van der Waals surface area contributed by atoms with Crippen molar-refractivity contribution in [3.05, 3.63) is 29.3 Å². The zero-order chi connectivity index (χ0) is 14.1. The fourth-order valence-electron chi connectivity index (χ4n) is 4.25. The van der Waals surface area contributed by atoms with E-state index in [-0.39, 0.29) is 0 Å². The van der Waals surface area contributed by atoms with E-state index >= 15 is 0 Å². The molecule has 0 N–H and O–H groups in total. The van der Waals surface area contributed by atoms with E-state index in [0.717, 1.165) is 17.6 Å². The molecule has 0 saturated carbocycles. The Morgan fingerprint density at radius 2 is 1.90 bits per heavy atom. The Labute approximate surface area is 123 Å². The van der Waals surface area contributed by atoms with Crippen molar-refractivity contribution in [2.75, 3.05) is 20.2 Å². The molecule has 0 radical (unpaired) electrons. The number of fused-ring (bicyclic) bond motifs is 1. The normalized spacial score (nSPS) is 30.9. The molecule has 3 rings (SSSR count). The molecule has 1 aromatic carbocycles. The second kappa shape index (κ2) is 5.77. The van der Waals surface area contributed by atoms with E-state index < -0.39 is 0 Å². The van der Waals surface area contributed by atoms with Gasteiger partial charge in [-0.25, -0.2) is 0 Å². The van der Waals surface area contributed by atoms with Crippen molar-refractivity contribution in [1.29, 1.82) is 0 Å². The number of methoxy groups -OCH3 is 1. The number of aryl methyl sites for hydroxylation is 1. The Kier molecular flexibility index (Phi) is 4.02. The highest BCUT2D eigenvalue weighted by Gasteiger charge is 2.30. The van der Waals surface area contributed by atoms with Crippen LogP contribution in [0.4, 0.5) is 0 Å². The highest BCUT2D eigenvalue weighted by atomic mass is 16.5. The second-order valence-electron chi connectivity index (χ2n) is 6.89. The van der Waals surface area contributed by atoms with E-state index in [1.807, 2.05) is 0 Å². The summed E-state index contributed by atoms with van der Waals surface area (Å²) in [6, 6.07) is 7.23. The van der Waals surface area contributed by atoms with Crippen LogP contribution in [0.3, 0.4) is 0 Å². The average Bonchev–Trinajstić information content (AvgIpc) is 2.45. The van der Waals surface area contributed by atoms with Crippen LogP contribution in [-0.4, -0.2) is 31.1 Å². The maximum Gasteiger partial charge on any atom is 0.122 e. The van der Waals surface area contributed by atoms with Crippen molar-refractivity contribution in [3.63, 3.8) is 0 Å². The number of hydrogen-bond acceptors (Lipinski definition) is 2. The van der Waals surface area contributed by atoms with Gasteiger partial charge >= 0.3 is 0 Å². The van der Waals surface area contributed by atoms with Crippen LogP contribution >= 0.6 is 0 Å². The number of piperidine rings is 1. The molecule has 1 heterocycles. The molecule has 3 unspecified atom stereocenters. The van der Waals surface area contributed by atoms with Crippen molar-refractivity contribution in [1.82, 2.24) is 4.90 Å². The summed E-state index contributed by atoms with van der Waals surface area (Å²) in [5.74, 6) is 2.78. The largest absolute Gasteiger partial charge is 0.496 e. The van der Waals surface area contributed by atoms with Gasteiger partial charge in [-0.05, 0) is 54.7 Å². The van der Waals surface area contributed by atoms with E-state index in [0.29, 0.717) is 6.04 Å². The summed E-state index contributed by atoms with van der Waals surface area (Å²) in [5, 5.41) is 0. The van der Waals surface area contributed by atoms with Gasteiger partial charge in [-0.3, -0.25) is 4.90 Å². The second-order valence-corrected chi connectivity index (χ2v) is 6.89. The van der Waals surface area contributed by atoms with Crippen molar-refractivity contribution in [2.24, 2.45) is 11.8 Å². The summed E-state index contributed by atoms with van der Waals surface area (Å²) in [4.78, 5) is 2.74. The molecule has 1 fully saturated rings. The van der Waals surface area contributed by atoms with Gasteiger partial charge in [0.05, 0.1) is 7.11 Å². The molecule has 0 amide bonds. The van der Waals surface area contributed by atoms with Gasteiger partial charge in [-0.2, -0.15) is 0 Å². The first-order chi connectivity index (χ1) is 9.67. The molecule has 1 aliphatic carbocycles. The van der Waals surface area contributed by atoms with Gasteiger partial charge in [-0.1, -0.05) is 26.0 Å². The molecular weight excluding hydrogens is 246 g/mol. The Hall–Kier alpha value is -1.02. The monoisotopic (exact) mass is 273 g/mol. The van der Waals surface area contributed by atoms with Crippen LogP contribution in [0.5, 0.6) is 5.75 Å². The maximum atomic E-state index is 5.57. The third-order valence-corrected chi connectivity index (χ3v) is 5.05. The number of hydrogen-bond donors (Lipinski definition) is 0. The Morgan fingerprint density at radius 3 is 2.60 bits per heavy atom. The molecule has 0 bridgehead atoms. The van der Waals surface area contributed by atoms with Crippen LogP contribution in [0.1, 0.15) is 37.8 Å². The van der Waals surface area contributed by atoms with Crippen LogP contribution in [0.15, 0.2) is 18.2 Å². The number of rotatable bonds is 2. The lowest BCUT2D eigenvalue weighted by Gasteiger charge is -2.42. The lowest BCUT2D eigenvalue weighted by atomic mass is 9.84. The third kappa shape index (κ3) is 2.71. The Balaban J connectivity index is 1.78. The minimum atomic E-state index is 0.712. The van der Waals surface area contributed by atoms with E-state index in [1.165, 1.54) is 49.9 Å². The van der Waals surface area contributed by atoms with E-state index in [1.54, 1.807) is 7.11 Å². The minimum Gasteiger partial charge on any atom is -0.496 e. The van der Waals surface area contributed by atoms with Gasteiger partial charge in [-0.15, -0.1) is 0 Å². The molecule has 0 spiro atoms. The van der Waals surface area contributed by atoms with E-state index in [2.05, 4.69) is 36.9 Å². The molecule has 2 aliphatic rings. The zero-order valence-electron chi connectivity index (χ0n) is 13.1. The number of ether oxygens (including phenoxy) is 1. The highest BCUT2D eigenvalue weighted by Crippen LogP contribution is 2.33. The van der Waals surface area contributed by atoms with Crippen molar-refractivity contribution in [2.45, 2.75) is 45.6 Å².